The predicted molar refractivity (Wildman–Crippen MR) is 78.9 cm³/mol. The van der Waals surface area contributed by atoms with Gasteiger partial charge in [-0.1, -0.05) is 0 Å². The Labute approximate surface area is 136 Å². The van der Waals surface area contributed by atoms with Crippen molar-refractivity contribution >= 4 is 17.8 Å². The highest BCUT2D eigenvalue weighted by atomic mass is 19.4. The molecular formula is C14H18F3N5O2. The summed E-state index contributed by atoms with van der Waals surface area (Å²) in [5.41, 5.74) is 4.13. The molecule has 1 aromatic rings. The summed E-state index contributed by atoms with van der Waals surface area (Å²) in [5, 5.41) is 0. The zero-order valence-corrected chi connectivity index (χ0v) is 12.9. The molecule has 0 radical (unpaired) electrons. The normalized spacial score (nSPS) is 15.5. The van der Waals surface area contributed by atoms with Gasteiger partial charge in [0.1, 0.15) is 0 Å². The van der Waals surface area contributed by atoms with E-state index in [9.17, 15) is 22.8 Å². The van der Waals surface area contributed by atoms with Crippen molar-refractivity contribution < 1.29 is 22.8 Å². The maximum Gasteiger partial charge on any atom is 0.419 e. The van der Waals surface area contributed by atoms with Crippen molar-refractivity contribution in [1.29, 1.82) is 0 Å². The van der Waals surface area contributed by atoms with E-state index >= 15 is 0 Å². The summed E-state index contributed by atoms with van der Waals surface area (Å²) in [6.45, 7) is 1.74. The first-order chi connectivity index (χ1) is 11.3. The van der Waals surface area contributed by atoms with Crippen molar-refractivity contribution in [3.05, 3.63) is 18.0 Å². The van der Waals surface area contributed by atoms with Crippen molar-refractivity contribution in [1.82, 2.24) is 14.9 Å². The zero-order valence-electron chi connectivity index (χ0n) is 12.9. The number of piperazine rings is 1. The molecule has 10 heteroatoms. The third kappa shape index (κ3) is 4.80. The lowest BCUT2D eigenvalue weighted by Crippen LogP contribution is -2.49. The number of carbonyl (C=O) groups is 2. The average molecular weight is 345 g/mol. The number of amides is 2. The monoisotopic (exact) mass is 345 g/mol. The number of halogens is 3. The Balaban J connectivity index is 1.84. The molecule has 24 heavy (non-hydrogen) atoms. The summed E-state index contributed by atoms with van der Waals surface area (Å²) < 4.78 is 37.5. The van der Waals surface area contributed by atoms with Gasteiger partial charge in [-0.3, -0.25) is 9.59 Å². The van der Waals surface area contributed by atoms with Gasteiger partial charge >= 0.3 is 6.18 Å². The molecule has 7 nitrogen and oxygen atoms in total. The van der Waals surface area contributed by atoms with Gasteiger partial charge in [-0.25, -0.2) is 9.97 Å². The zero-order chi connectivity index (χ0) is 17.7. The largest absolute Gasteiger partial charge is 0.419 e. The van der Waals surface area contributed by atoms with Crippen LogP contribution in [-0.2, 0) is 15.8 Å². The number of hydrogen-bond donors (Lipinski definition) is 1. The maximum atomic E-state index is 12.5. The Morgan fingerprint density at radius 1 is 1.08 bits per heavy atom. The van der Waals surface area contributed by atoms with Crippen LogP contribution in [0.1, 0.15) is 24.8 Å². The molecule has 1 aromatic heterocycles. The molecule has 0 aliphatic carbocycles. The summed E-state index contributed by atoms with van der Waals surface area (Å²) >= 11 is 0. The first-order valence-electron chi connectivity index (χ1n) is 7.47. The molecule has 2 rings (SSSR count). The Morgan fingerprint density at radius 2 is 1.67 bits per heavy atom. The molecule has 0 spiro atoms. The van der Waals surface area contributed by atoms with E-state index in [1.807, 2.05) is 0 Å². The smallest absolute Gasteiger partial charge is 0.370 e. The van der Waals surface area contributed by atoms with E-state index in [1.165, 1.54) is 0 Å². The topological polar surface area (TPSA) is 92.4 Å². The third-order valence-electron chi connectivity index (χ3n) is 3.69. The molecule has 2 N–H and O–H groups in total. The lowest BCUT2D eigenvalue weighted by molar-refractivity contribution is -0.138. The molecule has 0 atom stereocenters. The number of anilines is 1. The van der Waals surface area contributed by atoms with Gasteiger partial charge in [-0.2, -0.15) is 13.2 Å². The van der Waals surface area contributed by atoms with Crippen LogP contribution >= 0.6 is 0 Å². The molecular weight excluding hydrogens is 327 g/mol. The second-order valence-electron chi connectivity index (χ2n) is 5.46. The third-order valence-corrected chi connectivity index (χ3v) is 3.69. The van der Waals surface area contributed by atoms with Crippen molar-refractivity contribution in [2.24, 2.45) is 5.73 Å². The lowest BCUT2D eigenvalue weighted by atomic mass is 10.2. The van der Waals surface area contributed by atoms with Gasteiger partial charge in [-0.05, 0) is 6.42 Å². The van der Waals surface area contributed by atoms with Gasteiger partial charge in [0.05, 0.1) is 5.56 Å². The Bertz CT molecular complexity index is 583. The minimum atomic E-state index is -4.46. The van der Waals surface area contributed by atoms with Crippen molar-refractivity contribution in [2.45, 2.75) is 25.4 Å². The van der Waals surface area contributed by atoms with Gasteiger partial charge < -0.3 is 15.5 Å². The van der Waals surface area contributed by atoms with Crippen LogP contribution in [-0.4, -0.2) is 52.9 Å². The van der Waals surface area contributed by atoms with Crippen molar-refractivity contribution in [2.75, 3.05) is 31.1 Å². The van der Waals surface area contributed by atoms with Gasteiger partial charge in [0.2, 0.25) is 17.8 Å². The highest BCUT2D eigenvalue weighted by Crippen LogP contribution is 2.28. The molecule has 0 unspecified atom stereocenters. The number of rotatable bonds is 5. The summed E-state index contributed by atoms with van der Waals surface area (Å²) in [6, 6.07) is 0. The number of primary amides is 1. The molecule has 0 bridgehead atoms. The van der Waals surface area contributed by atoms with Crippen LogP contribution in [0, 0.1) is 0 Å². The highest BCUT2D eigenvalue weighted by Gasteiger charge is 2.32. The Kier molecular flexibility index (Phi) is 5.58. The fourth-order valence-corrected chi connectivity index (χ4v) is 2.36. The summed E-state index contributed by atoms with van der Waals surface area (Å²) in [5.74, 6) is -0.292. The van der Waals surface area contributed by atoms with E-state index in [0.29, 0.717) is 32.6 Å². The molecule has 132 valence electrons. The molecule has 0 saturated carbocycles. The van der Waals surface area contributed by atoms with Crippen LogP contribution in [0.15, 0.2) is 12.4 Å². The second-order valence-corrected chi connectivity index (χ2v) is 5.46. The van der Waals surface area contributed by atoms with E-state index in [0.717, 1.165) is 12.4 Å². The van der Waals surface area contributed by atoms with Crippen LogP contribution < -0.4 is 10.6 Å². The van der Waals surface area contributed by atoms with E-state index in [-0.39, 0.29) is 24.7 Å². The predicted octanol–water partition coefficient (Wildman–Crippen LogP) is 0.800. The molecule has 2 amide bonds. The van der Waals surface area contributed by atoms with Gasteiger partial charge in [-0.15, -0.1) is 0 Å². The van der Waals surface area contributed by atoms with Crippen molar-refractivity contribution in [3.8, 4) is 0 Å². The van der Waals surface area contributed by atoms with E-state index < -0.39 is 17.6 Å². The Hall–Kier alpha value is -2.39. The summed E-state index contributed by atoms with van der Waals surface area (Å²) in [4.78, 5) is 33.5. The fraction of sp³-hybridized carbons (Fsp3) is 0.571. The van der Waals surface area contributed by atoms with Gasteiger partial charge in [0.15, 0.2) is 0 Å². The fourth-order valence-electron chi connectivity index (χ4n) is 2.36. The number of hydrogen-bond acceptors (Lipinski definition) is 5. The molecule has 1 fully saturated rings. The Morgan fingerprint density at radius 3 is 2.17 bits per heavy atom. The SMILES string of the molecule is NC(=O)CCCC(=O)N1CCN(c2ncc(C(F)(F)F)cn2)CC1. The molecule has 2 heterocycles. The first kappa shape index (κ1) is 18.0. The number of aromatic nitrogens is 2. The molecule has 0 aromatic carbocycles. The van der Waals surface area contributed by atoms with Crippen LogP contribution in [0.5, 0.6) is 0 Å². The van der Waals surface area contributed by atoms with E-state index in [1.54, 1.807) is 9.80 Å². The van der Waals surface area contributed by atoms with Gasteiger partial charge in [0, 0.05) is 51.4 Å². The van der Waals surface area contributed by atoms with Crippen LogP contribution in [0.3, 0.4) is 0 Å². The molecule has 1 aliphatic heterocycles. The van der Waals surface area contributed by atoms with Gasteiger partial charge in [0.25, 0.3) is 0 Å². The van der Waals surface area contributed by atoms with Crippen LogP contribution in [0.4, 0.5) is 19.1 Å². The number of nitrogens with two attached hydrogens (primary N) is 1. The lowest BCUT2D eigenvalue weighted by Gasteiger charge is -2.34. The van der Waals surface area contributed by atoms with Crippen LogP contribution in [0.2, 0.25) is 0 Å². The number of alkyl halides is 3. The second kappa shape index (κ2) is 7.45. The van der Waals surface area contributed by atoms with Crippen LogP contribution in [0.25, 0.3) is 0 Å². The molecule has 1 aliphatic rings. The van der Waals surface area contributed by atoms with E-state index in [4.69, 9.17) is 5.73 Å². The average Bonchev–Trinajstić information content (AvgIpc) is 2.54. The highest BCUT2D eigenvalue weighted by molar-refractivity contribution is 5.78. The summed E-state index contributed by atoms with van der Waals surface area (Å²) in [6.07, 6.45) is -2.12. The maximum absolute atomic E-state index is 12.5. The molecule has 1 saturated heterocycles. The first-order valence-corrected chi connectivity index (χ1v) is 7.47. The minimum Gasteiger partial charge on any atom is -0.370 e. The van der Waals surface area contributed by atoms with E-state index in [2.05, 4.69) is 9.97 Å². The number of carbonyl (C=O) groups excluding carboxylic acids is 2. The quantitative estimate of drug-likeness (QED) is 0.852. The summed E-state index contributed by atoms with van der Waals surface area (Å²) in [7, 11) is 0. The van der Waals surface area contributed by atoms with Crippen molar-refractivity contribution in [3.63, 3.8) is 0 Å². The minimum absolute atomic E-state index is 0.0655. The standard InChI is InChI=1S/C14H18F3N5O2/c15-14(16,17)10-8-19-13(20-9-10)22-6-4-21(5-7-22)12(24)3-1-2-11(18)23/h8-9H,1-7H2,(H2,18,23). The number of nitrogens with zero attached hydrogens (tertiary/aromatic N) is 4.